The molecule has 0 saturated carbocycles. The molecule has 1 aliphatic heterocycles. The molecule has 1 N–H and O–H groups in total. The number of carbonyl (C=O) groups excluding carboxylic acids is 1. The molecule has 1 amide bonds. The Balaban J connectivity index is 2.37. The first-order chi connectivity index (χ1) is 10.0. The minimum atomic E-state index is -0.201. The summed E-state index contributed by atoms with van der Waals surface area (Å²) < 4.78 is 11.9. The van der Waals surface area contributed by atoms with Crippen LogP contribution in [0, 0.1) is 12.3 Å². The van der Waals surface area contributed by atoms with E-state index in [9.17, 15) is 4.79 Å². The summed E-state index contributed by atoms with van der Waals surface area (Å²) in [5, 5.41) is 2.57. The lowest BCUT2D eigenvalue weighted by Crippen LogP contribution is -2.17. The second-order valence-electron chi connectivity index (χ2n) is 3.88. The van der Waals surface area contributed by atoms with Crippen LogP contribution in [0.5, 0.6) is 11.5 Å². The zero-order valence-corrected chi connectivity index (χ0v) is 14.2. The van der Waals surface area contributed by atoms with Gasteiger partial charge in [0.15, 0.2) is 11.5 Å². The van der Waals surface area contributed by atoms with Gasteiger partial charge in [0.1, 0.15) is 10.9 Å². The highest BCUT2D eigenvalue weighted by atomic mass is 79.9. The first kappa shape index (κ1) is 15.9. The lowest BCUT2D eigenvalue weighted by molar-refractivity contribution is -0.115. The highest BCUT2D eigenvalue weighted by Gasteiger charge is 2.22. The van der Waals surface area contributed by atoms with Crippen LogP contribution >= 0.6 is 39.9 Å². The van der Waals surface area contributed by atoms with Gasteiger partial charge in [-0.05, 0) is 39.7 Å². The highest BCUT2D eigenvalue weighted by Crippen LogP contribution is 2.38. The van der Waals surface area contributed by atoms with Gasteiger partial charge in [-0.1, -0.05) is 29.9 Å². The Hall–Kier alpha value is -1.49. The average molecular weight is 384 g/mol. The van der Waals surface area contributed by atoms with Gasteiger partial charge in [-0.3, -0.25) is 4.79 Å². The van der Waals surface area contributed by atoms with Crippen LogP contribution in [0.1, 0.15) is 5.56 Å². The summed E-state index contributed by atoms with van der Waals surface area (Å²) in [6.07, 6.45) is 6.92. The summed E-state index contributed by atoms with van der Waals surface area (Å²) in [4.78, 5) is 12.2. The number of carbonyl (C=O) groups is 1. The number of hydrogen-bond acceptors (Lipinski definition) is 5. The number of hydrogen-bond donors (Lipinski definition) is 1. The lowest BCUT2D eigenvalue weighted by Gasteiger charge is -2.12. The maximum Gasteiger partial charge on any atom is 0.263 e. The normalized spacial score (nSPS) is 15.8. The fraction of sp³-hybridized carbons (Fsp3) is 0.143. The second-order valence-corrected chi connectivity index (χ2v) is 6.45. The largest absolute Gasteiger partial charge is 0.493 e. The van der Waals surface area contributed by atoms with Crippen LogP contribution in [-0.2, 0) is 4.79 Å². The van der Waals surface area contributed by atoms with Crippen LogP contribution < -0.4 is 14.8 Å². The van der Waals surface area contributed by atoms with Crippen molar-refractivity contribution < 1.29 is 14.3 Å². The number of benzene rings is 1. The van der Waals surface area contributed by atoms with E-state index in [4.69, 9.17) is 28.1 Å². The molecule has 0 aromatic heterocycles. The fourth-order valence-corrected chi connectivity index (χ4v) is 3.27. The number of thioether (sulfide) groups is 1. The van der Waals surface area contributed by atoms with Crippen molar-refractivity contribution in [2.75, 3.05) is 13.7 Å². The first-order valence-electron chi connectivity index (χ1n) is 5.73. The third-order valence-corrected chi connectivity index (χ3v) is 4.24. The van der Waals surface area contributed by atoms with Crippen molar-refractivity contribution in [2.45, 2.75) is 0 Å². The van der Waals surface area contributed by atoms with Crippen molar-refractivity contribution in [3.8, 4) is 23.8 Å². The predicted octanol–water partition coefficient (Wildman–Crippen LogP) is 2.96. The van der Waals surface area contributed by atoms with E-state index >= 15 is 0 Å². The summed E-state index contributed by atoms with van der Waals surface area (Å²) in [6, 6.07) is 3.58. The molecule has 0 atom stereocenters. The van der Waals surface area contributed by atoms with Gasteiger partial charge in [0, 0.05) is 0 Å². The third kappa shape index (κ3) is 3.79. The van der Waals surface area contributed by atoms with Gasteiger partial charge in [0.25, 0.3) is 5.91 Å². The van der Waals surface area contributed by atoms with E-state index in [-0.39, 0.29) is 12.5 Å². The maximum atomic E-state index is 11.7. The van der Waals surface area contributed by atoms with Crippen molar-refractivity contribution in [2.24, 2.45) is 0 Å². The van der Waals surface area contributed by atoms with Gasteiger partial charge >= 0.3 is 0 Å². The fourth-order valence-electron chi connectivity index (χ4n) is 1.65. The van der Waals surface area contributed by atoms with Crippen molar-refractivity contribution in [1.82, 2.24) is 5.32 Å². The topological polar surface area (TPSA) is 47.6 Å². The van der Waals surface area contributed by atoms with Gasteiger partial charge in [0.2, 0.25) is 0 Å². The number of amides is 1. The Labute approximate surface area is 140 Å². The molecule has 0 bridgehead atoms. The smallest absolute Gasteiger partial charge is 0.263 e. The highest BCUT2D eigenvalue weighted by molar-refractivity contribution is 9.10. The molecule has 1 fully saturated rings. The molecule has 7 heteroatoms. The number of thiocarbonyl (C=S) groups is 1. The molecule has 1 aromatic rings. The van der Waals surface area contributed by atoms with Crippen LogP contribution in [0.2, 0.25) is 0 Å². The van der Waals surface area contributed by atoms with Crippen LogP contribution in [-0.4, -0.2) is 23.9 Å². The number of methoxy groups -OCH3 is 1. The molecule has 108 valence electrons. The molecule has 2 rings (SSSR count). The van der Waals surface area contributed by atoms with Crippen LogP contribution in [0.25, 0.3) is 6.08 Å². The van der Waals surface area contributed by atoms with Crippen molar-refractivity contribution in [3.63, 3.8) is 0 Å². The Morgan fingerprint density at radius 3 is 2.90 bits per heavy atom. The van der Waals surface area contributed by atoms with Crippen LogP contribution in [0.3, 0.4) is 0 Å². The van der Waals surface area contributed by atoms with E-state index < -0.39 is 0 Å². The van der Waals surface area contributed by atoms with Crippen molar-refractivity contribution in [1.29, 1.82) is 0 Å². The second kappa shape index (κ2) is 6.98. The van der Waals surface area contributed by atoms with E-state index in [0.29, 0.717) is 25.2 Å². The standard InChI is InChI=1S/C14H10BrNO3S2/c1-3-4-19-12-9(15)5-8(6-10(12)18-2)7-11-13(17)16-14(20)21-11/h1,5-7H,4H2,2H3,(H,16,17,20)/b11-7-. The zero-order valence-electron chi connectivity index (χ0n) is 10.9. The summed E-state index contributed by atoms with van der Waals surface area (Å²) >= 11 is 9.58. The SMILES string of the molecule is C#CCOc1c(Br)cc(/C=C2\SC(=S)NC2=O)cc1OC. The third-order valence-electron chi connectivity index (χ3n) is 2.49. The molecular weight excluding hydrogens is 374 g/mol. The molecule has 1 heterocycles. The first-order valence-corrected chi connectivity index (χ1v) is 7.75. The average Bonchev–Trinajstić information content (AvgIpc) is 2.75. The van der Waals surface area contributed by atoms with Crippen molar-refractivity contribution in [3.05, 3.63) is 27.1 Å². The number of halogens is 1. The molecule has 1 aliphatic rings. The Morgan fingerprint density at radius 2 is 2.33 bits per heavy atom. The van der Waals surface area contributed by atoms with Crippen LogP contribution in [0.4, 0.5) is 0 Å². The monoisotopic (exact) mass is 383 g/mol. The summed E-state index contributed by atoms with van der Waals surface area (Å²) in [7, 11) is 1.54. The summed E-state index contributed by atoms with van der Waals surface area (Å²) in [5.74, 6) is 3.25. The van der Waals surface area contributed by atoms with Crippen LogP contribution in [0.15, 0.2) is 21.5 Å². The van der Waals surface area contributed by atoms with E-state index in [0.717, 1.165) is 5.56 Å². The molecule has 0 unspecified atom stereocenters. The Morgan fingerprint density at radius 1 is 1.57 bits per heavy atom. The van der Waals surface area contributed by atoms with E-state index in [1.807, 2.05) is 6.07 Å². The Bertz CT molecular complexity index is 680. The summed E-state index contributed by atoms with van der Waals surface area (Å²) in [6.45, 7) is 0.141. The van der Waals surface area contributed by atoms with E-state index in [1.54, 1.807) is 12.1 Å². The number of rotatable bonds is 4. The van der Waals surface area contributed by atoms with Gasteiger partial charge in [-0.15, -0.1) is 6.42 Å². The molecule has 0 radical (unpaired) electrons. The molecule has 0 spiro atoms. The molecule has 1 aromatic carbocycles. The zero-order chi connectivity index (χ0) is 15.4. The van der Waals surface area contributed by atoms with E-state index in [1.165, 1.54) is 18.9 Å². The molecule has 1 saturated heterocycles. The lowest BCUT2D eigenvalue weighted by atomic mass is 10.2. The molecule has 4 nitrogen and oxygen atoms in total. The molecular formula is C14H10BrNO3S2. The van der Waals surface area contributed by atoms with Crippen molar-refractivity contribution >= 4 is 56.2 Å². The molecule has 21 heavy (non-hydrogen) atoms. The predicted molar refractivity (Wildman–Crippen MR) is 91.3 cm³/mol. The van der Waals surface area contributed by atoms with Gasteiger partial charge < -0.3 is 14.8 Å². The minimum absolute atomic E-state index is 0.141. The number of terminal acetylenes is 1. The number of ether oxygens (including phenoxy) is 2. The number of nitrogens with one attached hydrogen (secondary N) is 1. The summed E-state index contributed by atoms with van der Waals surface area (Å²) in [5.41, 5.74) is 0.786. The van der Waals surface area contributed by atoms with Gasteiger partial charge in [-0.2, -0.15) is 0 Å². The maximum absolute atomic E-state index is 11.7. The van der Waals surface area contributed by atoms with E-state index in [2.05, 4.69) is 27.2 Å². The minimum Gasteiger partial charge on any atom is -0.493 e. The van der Waals surface area contributed by atoms with Gasteiger partial charge in [-0.25, -0.2) is 0 Å². The Kier molecular flexibility index (Phi) is 5.28. The molecule has 0 aliphatic carbocycles. The van der Waals surface area contributed by atoms with Gasteiger partial charge in [0.05, 0.1) is 16.5 Å². The quantitative estimate of drug-likeness (QED) is 0.492.